The van der Waals surface area contributed by atoms with Crippen molar-refractivity contribution in [3.63, 3.8) is 0 Å². The molecular weight excluding hydrogens is 443 g/mol. The zero-order valence-corrected chi connectivity index (χ0v) is 28.5. The summed E-state index contributed by atoms with van der Waals surface area (Å²) in [5.74, 6) is 0.843. The lowest BCUT2D eigenvalue weighted by Crippen LogP contribution is -2.42. The van der Waals surface area contributed by atoms with Gasteiger partial charge in [0, 0.05) is 5.41 Å². The molecule has 1 aliphatic carbocycles. The van der Waals surface area contributed by atoms with Crippen LogP contribution in [-0.2, 0) is 4.74 Å². The molecule has 2 aliphatic rings. The zero-order chi connectivity index (χ0) is 29.4. The zero-order valence-electron chi connectivity index (χ0n) is 28.5. The predicted molar refractivity (Wildman–Crippen MR) is 163 cm³/mol. The maximum absolute atomic E-state index is 13.0. The molecule has 2 fully saturated rings. The van der Waals surface area contributed by atoms with Gasteiger partial charge < -0.3 is 4.74 Å². The molecule has 0 aromatic carbocycles. The summed E-state index contributed by atoms with van der Waals surface area (Å²) in [6.45, 7) is 42.5. The Kier molecular flexibility index (Phi) is 14.6. The van der Waals surface area contributed by atoms with Crippen molar-refractivity contribution in [2.75, 3.05) is 13.2 Å². The number of ether oxygens (including phenoxy) is 1. The van der Waals surface area contributed by atoms with Crippen LogP contribution < -0.4 is 0 Å². The summed E-state index contributed by atoms with van der Waals surface area (Å²) in [5, 5.41) is 0. The van der Waals surface area contributed by atoms with E-state index in [0.29, 0.717) is 27.1 Å². The molecule has 220 valence electrons. The largest absolute Gasteiger partial charge is 0.380 e. The average molecular weight is 515 g/mol. The Balaban J connectivity index is 0. The highest BCUT2D eigenvalue weighted by atomic mass is 19.1. The Morgan fingerprint density at radius 2 is 0.972 bits per heavy atom. The molecule has 2 heteroatoms. The third-order valence-corrected chi connectivity index (χ3v) is 5.58. The second-order valence-electron chi connectivity index (χ2n) is 18.9. The fourth-order valence-electron chi connectivity index (χ4n) is 5.91. The first kappa shape index (κ1) is 38.0. The molecule has 1 saturated heterocycles. The maximum Gasteiger partial charge on any atom is 0.111 e. The van der Waals surface area contributed by atoms with Crippen LogP contribution in [0.2, 0.25) is 0 Å². The smallest absolute Gasteiger partial charge is 0.111 e. The predicted octanol–water partition coefficient (Wildman–Crippen LogP) is 11.9. The van der Waals surface area contributed by atoms with Crippen LogP contribution >= 0.6 is 0 Å². The molecule has 0 N–H and O–H groups in total. The van der Waals surface area contributed by atoms with Crippen molar-refractivity contribution >= 4 is 0 Å². The van der Waals surface area contributed by atoms with Crippen LogP contribution in [0, 0.1) is 38.4 Å². The highest BCUT2D eigenvalue weighted by Crippen LogP contribution is 2.47. The summed E-state index contributed by atoms with van der Waals surface area (Å²) < 4.78 is 18.2. The molecule has 2 rings (SSSR count). The molecular formula is C34H71FO. The van der Waals surface area contributed by atoms with Gasteiger partial charge in [-0.05, 0) is 71.5 Å². The first-order valence-electron chi connectivity index (χ1n) is 14.7. The number of rotatable bonds is 3. The SMILES string of the molecule is CC(C)(C)CC(C)(C)C.CC(C)(C)CC1(C)COC1.CC(C)(C)CC1(F)CC1.CC(C)CC(C)(C)C. The highest BCUT2D eigenvalue weighted by Gasteiger charge is 2.45. The van der Waals surface area contributed by atoms with E-state index in [-0.39, 0.29) is 5.41 Å². The Morgan fingerprint density at radius 1 is 0.611 bits per heavy atom. The number of halogens is 1. The van der Waals surface area contributed by atoms with E-state index in [1.807, 2.05) is 0 Å². The van der Waals surface area contributed by atoms with E-state index < -0.39 is 5.67 Å². The minimum Gasteiger partial charge on any atom is -0.380 e. The summed E-state index contributed by atoms with van der Waals surface area (Å²) in [6, 6.07) is 0. The Morgan fingerprint density at radius 3 is 1.03 bits per heavy atom. The molecule has 0 atom stereocenters. The number of hydrogen-bond donors (Lipinski definition) is 0. The molecule has 1 nitrogen and oxygen atoms in total. The molecule has 36 heavy (non-hydrogen) atoms. The van der Waals surface area contributed by atoms with Gasteiger partial charge in [-0.15, -0.1) is 0 Å². The van der Waals surface area contributed by atoms with Crippen LogP contribution in [0.25, 0.3) is 0 Å². The highest BCUT2D eigenvalue weighted by molar-refractivity contribution is 4.96. The fraction of sp³-hybridized carbons (Fsp3) is 1.00. The minimum absolute atomic E-state index is 0.172. The Labute approximate surface area is 229 Å². The van der Waals surface area contributed by atoms with Crippen molar-refractivity contribution < 1.29 is 9.13 Å². The Bertz CT molecular complexity index is 538. The van der Waals surface area contributed by atoms with Crippen LogP contribution in [0.1, 0.15) is 163 Å². The van der Waals surface area contributed by atoms with E-state index in [1.165, 1.54) is 19.3 Å². The van der Waals surface area contributed by atoms with Crippen LogP contribution in [0.4, 0.5) is 4.39 Å². The molecule has 0 aromatic heterocycles. The normalized spacial score (nSPS) is 19.0. The lowest BCUT2D eigenvalue weighted by atomic mass is 9.74. The van der Waals surface area contributed by atoms with E-state index in [1.54, 1.807) is 0 Å². The van der Waals surface area contributed by atoms with Gasteiger partial charge >= 0.3 is 0 Å². The molecule has 0 aromatic rings. The van der Waals surface area contributed by atoms with Gasteiger partial charge in [0.25, 0.3) is 0 Å². The summed E-state index contributed by atoms with van der Waals surface area (Å²) in [4.78, 5) is 0. The van der Waals surface area contributed by atoms with E-state index in [2.05, 4.69) is 125 Å². The second kappa shape index (κ2) is 13.8. The van der Waals surface area contributed by atoms with Crippen molar-refractivity contribution in [2.45, 2.75) is 169 Å². The van der Waals surface area contributed by atoms with Crippen LogP contribution in [0.5, 0.6) is 0 Å². The standard InChI is InChI=1S/C9H18O.C9H20.C8H15F.C8H18/c1-8(2,3)5-9(4)6-10-7-9;1-8(2,3)7-9(4,5)6;1-7(2,3)6-8(9)4-5-8;1-7(2)6-8(3,4)5/h5-7H2,1-4H3;7H2,1-6H3;4-6H2,1-3H3;7H,6H2,1-5H3. The number of hydrogen-bond acceptors (Lipinski definition) is 1. The van der Waals surface area contributed by atoms with Crippen molar-refractivity contribution in [3.05, 3.63) is 0 Å². The third-order valence-electron chi connectivity index (χ3n) is 5.58. The molecule has 1 saturated carbocycles. The second-order valence-corrected chi connectivity index (χ2v) is 18.9. The van der Waals surface area contributed by atoms with E-state index in [4.69, 9.17) is 4.74 Å². The monoisotopic (exact) mass is 515 g/mol. The summed E-state index contributed by atoms with van der Waals surface area (Å²) >= 11 is 0. The minimum atomic E-state index is -0.766. The van der Waals surface area contributed by atoms with Gasteiger partial charge in [-0.1, -0.05) is 125 Å². The van der Waals surface area contributed by atoms with Gasteiger partial charge in [-0.2, -0.15) is 0 Å². The summed E-state index contributed by atoms with van der Waals surface area (Å²) in [6.07, 6.45) is 6.22. The molecule has 1 heterocycles. The molecule has 0 amide bonds. The van der Waals surface area contributed by atoms with Gasteiger partial charge in [0.05, 0.1) is 13.2 Å². The van der Waals surface area contributed by atoms with E-state index in [9.17, 15) is 4.39 Å². The molecule has 0 unspecified atom stereocenters. The molecule has 0 bridgehead atoms. The van der Waals surface area contributed by atoms with E-state index in [0.717, 1.165) is 38.4 Å². The van der Waals surface area contributed by atoms with Crippen LogP contribution in [0.3, 0.4) is 0 Å². The van der Waals surface area contributed by atoms with Gasteiger partial charge in [-0.25, -0.2) is 4.39 Å². The fourth-order valence-corrected chi connectivity index (χ4v) is 5.91. The average Bonchev–Trinajstić information content (AvgIpc) is 3.13. The Hall–Kier alpha value is -0.110. The quantitative estimate of drug-likeness (QED) is 0.364. The summed E-state index contributed by atoms with van der Waals surface area (Å²) in [7, 11) is 0. The first-order chi connectivity index (χ1) is 15.5. The van der Waals surface area contributed by atoms with Crippen LogP contribution in [0.15, 0.2) is 0 Å². The van der Waals surface area contributed by atoms with Crippen molar-refractivity contribution in [2.24, 2.45) is 38.4 Å². The molecule has 0 radical (unpaired) electrons. The lowest BCUT2D eigenvalue weighted by Gasteiger charge is -2.42. The van der Waals surface area contributed by atoms with Crippen molar-refractivity contribution in [1.29, 1.82) is 0 Å². The van der Waals surface area contributed by atoms with Gasteiger partial charge in [0.15, 0.2) is 0 Å². The lowest BCUT2D eigenvalue weighted by molar-refractivity contribution is -0.119. The van der Waals surface area contributed by atoms with Crippen molar-refractivity contribution in [1.82, 2.24) is 0 Å². The summed E-state index contributed by atoms with van der Waals surface area (Å²) in [5.41, 5.74) is 1.84. The van der Waals surface area contributed by atoms with Crippen LogP contribution in [-0.4, -0.2) is 18.9 Å². The van der Waals surface area contributed by atoms with Crippen molar-refractivity contribution in [3.8, 4) is 0 Å². The first-order valence-corrected chi connectivity index (χ1v) is 14.7. The van der Waals surface area contributed by atoms with Gasteiger partial charge in [0.1, 0.15) is 5.67 Å². The maximum atomic E-state index is 13.0. The third kappa shape index (κ3) is 28.5. The molecule has 1 aliphatic heterocycles. The molecule has 0 spiro atoms. The van der Waals surface area contributed by atoms with E-state index >= 15 is 0 Å². The van der Waals surface area contributed by atoms with Gasteiger partial charge in [0.2, 0.25) is 0 Å². The topological polar surface area (TPSA) is 9.23 Å². The van der Waals surface area contributed by atoms with Gasteiger partial charge in [-0.3, -0.25) is 0 Å². The number of alkyl halides is 1.